The molecular weight excluding hydrogens is 247 g/mol. The first-order valence-electron chi connectivity index (χ1n) is 5.45. The molecule has 0 heterocycles. The van der Waals surface area contributed by atoms with Gasteiger partial charge in [-0.05, 0) is 32.8 Å². The van der Waals surface area contributed by atoms with Crippen molar-refractivity contribution in [1.82, 2.24) is 0 Å². The Kier molecular flexibility index (Phi) is 8.04. The Morgan fingerprint density at radius 2 is 1.75 bits per heavy atom. The molecule has 0 bridgehead atoms. The van der Waals surface area contributed by atoms with Gasteiger partial charge in [0, 0.05) is 5.82 Å². The average molecular weight is 267 g/mol. The van der Waals surface area contributed by atoms with E-state index in [9.17, 15) is 4.57 Å². The molecule has 0 aliphatic heterocycles. The van der Waals surface area contributed by atoms with Crippen molar-refractivity contribution in [3.8, 4) is 0 Å². The van der Waals surface area contributed by atoms with E-state index in [1.54, 1.807) is 13.8 Å². The molecule has 16 heavy (non-hydrogen) atoms. The summed E-state index contributed by atoms with van der Waals surface area (Å²) < 4.78 is 22.4. The lowest BCUT2D eigenvalue weighted by Crippen LogP contribution is -1.94. The molecule has 0 aromatic rings. The van der Waals surface area contributed by atoms with Gasteiger partial charge in [-0.2, -0.15) is 0 Å². The number of hydrogen-bond acceptors (Lipinski definition) is 3. The summed E-state index contributed by atoms with van der Waals surface area (Å²) >= 11 is 6.06. The summed E-state index contributed by atoms with van der Waals surface area (Å²) in [5.41, 5.74) is 0.932. The standard InChI is InChI=1S/C11H20ClO3P/c1-5-10(6-2)11(12)9-16(13,14-7-3)15-8-4/h5,9H,6-8H2,1-4H3/b10-5+,11-9-. The molecule has 0 radical (unpaired) electrons. The Balaban J connectivity index is 4.97. The van der Waals surface area contributed by atoms with Crippen LogP contribution in [0.4, 0.5) is 0 Å². The van der Waals surface area contributed by atoms with Gasteiger partial charge < -0.3 is 9.05 Å². The van der Waals surface area contributed by atoms with E-state index in [2.05, 4.69) is 0 Å². The van der Waals surface area contributed by atoms with Crippen molar-refractivity contribution >= 4 is 19.2 Å². The summed E-state index contributed by atoms with van der Waals surface area (Å²) in [5.74, 6) is 1.39. The third-order valence-corrected chi connectivity index (χ3v) is 4.24. The van der Waals surface area contributed by atoms with Crippen LogP contribution in [0.2, 0.25) is 0 Å². The predicted molar refractivity (Wildman–Crippen MR) is 68.8 cm³/mol. The Hall–Kier alpha value is -0.0800. The zero-order chi connectivity index (χ0) is 12.6. The maximum atomic E-state index is 12.1. The van der Waals surface area contributed by atoms with Crippen LogP contribution in [-0.4, -0.2) is 13.2 Å². The SMILES string of the molecule is C/C=C(CC)/C(Cl)=C/P(=O)(OCC)OCC. The molecule has 0 unspecified atom stereocenters. The Labute approximate surface area is 103 Å². The van der Waals surface area contributed by atoms with Crippen LogP contribution in [0.5, 0.6) is 0 Å². The van der Waals surface area contributed by atoms with E-state index < -0.39 is 7.60 Å². The van der Waals surface area contributed by atoms with Crippen LogP contribution in [-0.2, 0) is 13.6 Å². The summed E-state index contributed by atoms with van der Waals surface area (Å²) in [5, 5.41) is 0.440. The zero-order valence-corrected chi connectivity index (χ0v) is 12.0. The van der Waals surface area contributed by atoms with Gasteiger partial charge in [0.1, 0.15) is 0 Å². The van der Waals surface area contributed by atoms with E-state index in [4.69, 9.17) is 20.6 Å². The number of hydrogen-bond donors (Lipinski definition) is 0. The van der Waals surface area contributed by atoms with Crippen molar-refractivity contribution in [2.75, 3.05) is 13.2 Å². The van der Waals surface area contributed by atoms with Crippen LogP contribution in [0.25, 0.3) is 0 Å². The molecule has 5 heteroatoms. The molecule has 3 nitrogen and oxygen atoms in total. The van der Waals surface area contributed by atoms with E-state index in [1.807, 2.05) is 19.9 Å². The van der Waals surface area contributed by atoms with Crippen molar-refractivity contribution in [2.24, 2.45) is 0 Å². The highest BCUT2D eigenvalue weighted by atomic mass is 35.5. The van der Waals surface area contributed by atoms with Crippen molar-refractivity contribution in [3.05, 3.63) is 22.5 Å². The van der Waals surface area contributed by atoms with Gasteiger partial charge in [0.05, 0.1) is 18.2 Å². The van der Waals surface area contributed by atoms with Crippen LogP contribution in [0, 0.1) is 0 Å². The fourth-order valence-corrected chi connectivity index (χ4v) is 3.19. The summed E-state index contributed by atoms with van der Waals surface area (Å²) in [4.78, 5) is 0. The minimum atomic E-state index is -3.19. The van der Waals surface area contributed by atoms with E-state index in [1.165, 1.54) is 5.82 Å². The van der Waals surface area contributed by atoms with Gasteiger partial charge in [0.15, 0.2) is 0 Å². The number of rotatable bonds is 7. The molecule has 0 amide bonds. The Morgan fingerprint density at radius 3 is 2.06 bits per heavy atom. The second-order valence-electron chi connectivity index (χ2n) is 3.02. The molecule has 0 saturated carbocycles. The molecule has 0 fully saturated rings. The lowest BCUT2D eigenvalue weighted by atomic mass is 10.2. The quantitative estimate of drug-likeness (QED) is 0.495. The van der Waals surface area contributed by atoms with E-state index in [0.29, 0.717) is 18.2 Å². The second kappa shape index (κ2) is 8.08. The van der Waals surface area contributed by atoms with Gasteiger partial charge in [-0.15, -0.1) is 0 Å². The lowest BCUT2D eigenvalue weighted by molar-refractivity contribution is 0.229. The highest BCUT2D eigenvalue weighted by molar-refractivity contribution is 7.57. The van der Waals surface area contributed by atoms with Gasteiger partial charge in [-0.1, -0.05) is 24.6 Å². The molecule has 0 aliphatic carbocycles. The van der Waals surface area contributed by atoms with Gasteiger partial charge in [-0.3, -0.25) is 4.57 Å². The molecule has 0 aromatic carbocycles. The molecule has 0 N–H and O–H groups in total. The van der Waals surface area contributed by atoms with E-state index in [-0.39, 0.29) is 0 Å². The van der Waals surface area contributed by atoms with E-state index in [0.717, 1.165) is 12.0 Å². The van der Waals surface area contributed by atoms with Crippen LogP contribution in [0.1, 0.15) is 34.1 Å². The molecular formula is C11H20ClO3P. The highest BCUT2D eigenvalue weighted by Gasteiger charge is 2.21. The first-order valence-corrected chi connectivity index (χ1v) is 7.44. The van der Waals surface area contributed by atoms with Gasteiger partial charge >= 0.3 is 7.60 Å². The van der Waals surface area contributed by atoms with Crippen LogP contribution in [0.15, 0.2) is 22.5 Å². The molecule has 0 aliphatic rings. The van der Waals surface area contributed by atoms with Crippen LogP contribution >= 0.6 is 19.2 Å². The van der Waals surface area contributed by atoms with Crippen LogP contribution < -0.4 is 0 Å². The van der Waals surface area contributed by atoms with Gasteiger partial charge in [0.25, 0.3) is 0 Å². The third-order valence-electron chi connectivity index (χ3n) is 1.93. The summed E-state index contributed by atoms with van der Waals surface area (Å²) in [6.07, 6.45) is 2.67. The normalized spacial score (nSPS) is 14.3. The van der Waals surface area contributed by atoms with Crippen LogP contribution in [0.3, 0.4) is 0 Å². The Morgan fingerprint density at radius 1 is 1.25 bits per heavy atom. The summed E-state index contributed by atoms with van der Waals surface area (Å²) in [6, 6.07) is 0. The van der Waals surface area contributed by atoms with Gasteiger partial charge in [-0.25, -0.2) is 0 Å². The van der Waals surface area contributed by atoms with Crippen molar-refractivity contribution in [3.63, 3.8) is 0 Å². The second-order valence-corrected chi connectivity index (χ2v) is 5.28. The smallest absolute Gasteiger partial charge is 0.306 e. The maximum Gasteiger partial charge on any atom is 0.355 e. The average Bonchev–Trinajstić information content (AvgIpc) is 2.19. The fourth-order valence-electron chi connectivity index (χ4n) is 1.20. The van der Waals surface area contributed by atoms with Gasteiger partial charge in [0.2, 0.25) is 0 Å². The third kappa shape index (κ3) is 5.31. The van der Waals surface area contributed by atoms with E-state index >= 15 is 0 Å². The molecule has 94 valence electrons. The monoisotopic (exact) mass is 266 g/mol. The lowest BCUT2D eigenvalue weighted by Gasteiger charge is -2.14. The van der Waals surface area contributed by atoms with Crippen molar-refractivity contribution in [2.45, 2.75) is 34.1 Å². The first kappa shape index (κ1) is 15.9. The topological polar surface area (TPSA) is 35.5 Å². The molecule has 0 saturated heterocycles. The molecule has 0 rings (SSSR count). The molecule has 0 spiro atoms. The zero-order valence-electron chi connectivity index (χ0n) is 10.3. The summed E-state index contributed by atoms with van der Waals surface area (Å²) in [7, 11) is -3.19. The first-order chi connectivity index (χ1) is 7.52. The minimum Gasteiger partial charge on any atom is -0.306 e. The maximum absolute atomic E-state index is 12.1. The molecule has 0 aromatic heterocycles. The highest BCUT2D eigenvalue weighted by Crippen LogP contribution is 2.51. The fraction of sp³-hybridized carbons (Fsp3) is 0.636. The predicted octanol–water partition coefficient (Wildman–Crippen LogP) is 4.69. The Bertz CT molecular complexity index is 300. The van der Waals surface area contributed by atoms with Crippen molar-refractivity contribution < 1.29 is 13.6 Å². The summed E-state index contributed by atoms with van der Waals surface area (Å²) in [6.45, 7) is 8.07. The number of halogens is 1. The minimum absolute atomic E-state index is 0.329. The number of allylic oxidation sites excluding steroid dienone is 3. The largest absolute Gasteiger partial charge is 0.355 e. The molecule has 0 atom stereocenters. The van der Waals surface area contributed by atoms with Crippen molar-refractivity contribution in [1.29, 1.82) is 0 Å².